The molecule has 0 bridgehead atoms. The number of hydrogen-bond donors (Lipinski definition) is 3. The van der Waals surface area contributed by atoms with Gasteiger partial charge in [0.1, 0.15) is 6.04 Å². The molecule has 7 heteroatoms. The molecule has 1 aromatic rings. The predicted octanol–water partition coefficient (Wildman–Crippen LogP) is 7.09. The average Bonchev–Trinajstić information content (AvgIpc) is 3.11. The fourth-order valence-electron chi connectivity index (χ4n) is 8.23. The van der Waals surface area contributed by atoms with E-state index >= 15 is 0 Å². The van der Waals surface area contributed by atoms with Crippen LogP contribution in [0.15, 0.2) is 45.7 Å². The van der Waals surface area contributed by atoms with Crippen LogP contribution in [0.2, 0.25) is 0 Å². The first-order valence-corrected chi connectivity index (χ1v) is 12.8. The molecule has 6 atom stereocenters. The van der Waals surface area contributed by atoms with Crippen molar-refractivity contribution < 1.29 is 4.79 Å². The summed E-state index contributed by atoms with van der Waals surface area (Å²) in [6.45, 7) is 0. The highest BCUT2D eigenvalue weighted by Gasteiger charge is 2.64. The smallest absolute Gasteiger partial charge is 0.168 e. The molecular formula is C26H36N6O. The first kappa shape index (κ1) is 22.5. The Balaban J connectivity index is 1.43. The van der Waals surface area contributed by atoms with Crippen molar-refractivity contribution in [1.29, 1.82) is 16.6 Å². The second-order valence-electron chi connectivity index (χ2n) is 11.1. The van der Waals surface area contributed by atoms with E-state index in [2.05, 4.69) is 15.3 Å². The molecule has 7 nitrogen and oxygen atoms in total. The number of ketones is 1. The number of rotatable bonds is 5. The number of nitrogens with zero attached hydrogens (tertiary/aromatic N) is 3. The molecule has 176 valence electrons. The van der Waals surface area contributed by atoms with Gasteiger partial charge < -0.3 is 0 Å². The van der Waals surface area contributed by atoms with Crippen LogP contribution in [0.1, 0.15) is 82.1 Å². The van der Waals surface area contributed by atoms with Gasteiger partial charge in [-0.1, -0.05) is 56.0 Å². The lowest BCUT2D eigenvalue weighted by Gasteiger charge is -2.50. The summed E-state index contributed by atoms with van der Waals surface area (Å²) < 4.78 is 0. The molecule has 4 aliphatic carbocycles. The Morgan fingerprint density at radius 2 is 1.52 bits per heavy atom. The molecule has 0 aliphatic heterocycles. The van der Waals surface area contributed by atoms with Crippen molar-refractivity contribution in [3.8, 4) is 0 Å². The standard InChI is InChI=1S/C26H36N6O/c27-30-22-21(18-7-2-1-3-8-18)25(24(33)23(22)31-28)12-14-26(32-29,15-13-25)20-11-10-17-6-4-5-9-19(17)16-20/h1-3,7-8,17,19-23,27-29H,4-6,9-16H2. The molecule has 5 rings (SSSR count). The van der Waals surface area contributed by atoms with Crippen LogP contribution in [-0.2, 0) is 4.79 Å². The summed E-state index contributed by atoms with van der Waals surface area (Å²) in [6.07, 6.45) is 11.8. The molecule has 0 saturated heterocycles. The van der Waals surface area contributed by atoms with Gasteiger partial charge in [0.15, 0.2) is 11.8 Å². The summed E-state index contributed by atoms with van der Waals surface area (Å²) >= 11 is 0. The number of hydrogen-bond acceptors (Lipinski definition) is 7. The molecule has 0 radical (unpaired) electrons. The van der Waals surface area contributed by atoms with Gasteiger partial charge in [0, 0.05) is 11.3 Å². The van der Waals surface area contributed by atoms with E-state index in [1.807, 2.05) is 30.3 Å². The molecule has 6 unspecified atom stereocenters. The first-order valence-electron chi connectivity index (χ1n) is 12.8. The van der Waals surface area contributed by atoms with Crippen molar-refractivity contribution in [2.24, 2.45) is 38.5 Å². The van der Waals surface area contributed by atoms with Crippen molar-refractivity contribution in [3.05, 3.63) is 35.9 Å². The van der Waals surface area contributed by atoms with Gasteiger partial charge >= 0.3 is 0 Å². The van der Waals surface area contributed by atoms with Gasteiger partial charge in [-0.15, -0.1) is 0 Å². The molecule has 3 N–H and O–H groups in total. The zero-order valence-corrected chi connectivity index (χ0v) is 19.4. The largest absolute Gasteiger partial charge is 0.296 e. The fourth-order valence-corrected chi connectivity index (χ4v) is 8.23. The van der Waals surface area contributed by atoms with Crippen LogP contribution >= 0.6 is 0 Å². The minimum Gasteiger partial charge on any atom is -0.296 e. The topological polar surface area (TPSA) is 126 Å². The first-order chi connectivity index (χ1) is 16.1. The maximum absolute atomic E-state index is 13.7. The number of Topliss-reactive ketones (excluding diaryl/α,β-unsaturated/α-hetero) is 1. The van der Waals surface area contributed by atoms with Crippen LogP contribution in [0.3, 0.4) is 0 Å². The van der Waals surface area contributed by atoms with Gasteiger partial charge in [0.25, 0.3) is 0 Å². The van der Waals surface area contributed by atoms with Crippen LogP contribution in [0, 0.1) is 39.8 Å². The van der Waals surface area contributed by atoms with Crippen molar-refractivity contribution in [3.63, 3.8) is 0 Å². The van der Waals surface area contributed by atoms with Gasteiger partial charge in [0.05, 0.1) is 5.54 Å². The quantitative estimate of drug-likeness (QED) is 0.409. The molecule has 0 amide bonds. The van der Waals surface area contributed by atoms with Crippen LogP contribution in [0.25, 0.3) is 0 Å². The zero-order valence-electron chi connectivity index (χ0n) is 19.4. The lowest BCUT2D eigenvalue weighted by atomic mass is 9.55. The lowest BCUT2D eigenvalue weighted by molar-refractivity contribution is -0.130. The van der Waals surface area contributed by atoms with E-state index in [1.54, 1.807) is 0 Å². The molecule has 0 heterocycles. The molecule has 33 heavy (non-hydrogen) atoms. The Kier molecular flexibility index (Phi) is 6.00. The maximum Gasteiger partial charge on any atom is 0.168 e. The third-order valence-corrected chi connectivity index (χ3v) is 10.00. The van der Waals surface area contributed by atoms with Crippen LogP contribution < -0.4 is 0 Å². The Morgan fingerprint density at radius 1 is 0.818 bits per heavy atom. The molecule has 0 aromatic heterocycles. The monoisotopic (exact) mass is 448 g/mol. The fraction of sp³-hybridized carbons (Fsp3) is 0.731. The van der Waals surface area contributed by atoms with Gasteiger partial charge in [-0.25, -0.2) is 16.6 Å². The van der Waals surface area contributed by atoms with Gasteiger partial charge in [-0.05, 0) is 68.3 Å². The lowest BCUT2D eigenvalue weighted by Crippen LogP contribution is -2.48. The predicted molar refractivity (Wildman–Crippen MR) is 124 cm³/mol. The summed E-state index contributed by atoms with van der Waals surface area (Å²) in [7, 11) is 0. The minimum atomic E-state index is -0.870. The molecule has 1 spiro atoms. The number of benzene rings is 1. The molecule has 4 aliphatic rings. The van der Waals surface area contributed by atoms with E-state index in [-0.39, 0.29) is 17.2 Å². The SMILES string of the molecule is N=NC1C(=O)C2(CCC(N=N)(C3CCC4CCCCC4C3)CC2)C(c2ccccc2)C1N=N. The van der Waals surface area contributed by atoms with E-state index in [4.69, 9.17) is 16.6 Å². The number of fused-ring (bicyclic) bond motifs is 1. The summed E-state index contributed by atoms with van der Waals surface area (Å²) in [5, 5.41) is 11.8. The van der Waals surface area contributed by atoms with Gasteiger partial charge in [-0.3, -0.25) is 4.79 Å². The van der Waals surface area contributed by atoms with E-state index in [1.165, 1.54) is 38.5 Å². The molecular weight excluding hydrogens is 412 g/mol. The van der Waals surface area contributed by atoms with Crippen molar-refractivity contribution in [1.82, 2.24) is 0 Å². The summed E-state index contributed by atoms with van der Waals surface area (Å²) in [4.78, 5) is 13.7. The normalized spacial score (nSPS) is 43.1. The maximum atomic E-state index is 13.7. The molecule has 4 fully saturated rings. The summed E-state index contributed by atoms with van der Waals surface area (Å²) in [5.41, 5.74) is 23.8. The van der Waals surface area contributed by atoms with Gasteiger partial charge in [-0.2, -0.15) is 15.3 Å². The Labute approximate surface area is 196 Å². The van der Waals surface area contributed by atoms with Crippen molar-refractivity contribution in [2.45, 2.75) is 94.2 Å². The van der Waals surface area contributed by atoms with Gasteiger partial charge in [0.2, 0.25) is 0 Å². The highest BCUT2D eigenvalue weighted by atomic mass is 16.1. The van der Waals surface area contributed by atoms with E-state index in [0.717, 1.165) is 36.7 Å². The van der Waals surface area contributed by atoms with Crippen molar-refractivity contribution >= 4 is 5.78 Å². The molecule has 1 aromatic carbocycles. The third-order valence-electron chi connectivity index (χ3n) is 10.00. The highest BCUT2D eigenvalue weighted by molar-refractivity contribution is 5.95. The number of nitrogens with one attached hydrogen (secondary N) is 3. The molecule has 4 saturated carbocycles. The van der Waals surface area contributed by atoms with Crippen LogP contribution in [-0.4, -0.2) is 23.4 Å². The zero-order chi connectivity index (χ0) is 23.1. The average molecular weight is 449 g/mol. The third kappa shape index (κ3) is 3.50. The second-order valence-corrected chi connectivity index (χ2v) is 11.1. The number of carbonyl (C=O) groups is 1. The number of carbonyl (C=O) groups excluding carboxylic acids is 1. The minimum absolute atomic E-state index is 0.0260. The Hall–Kier alpha value is -2.31. The van der Waals surface area contributed by atoms with E-state index < -0.39 is 17.5 Å². The summed E-state index contributed by atoms with van der Waals surface area (Å²) in [6, 6.07) is 8.44. The van der Waals surface area contributed by atoms with Crippen LogP contribution in [0.4, 0.5) is 0 Å². The Bertz CT molecular complexity index is 909. The highest BCUT2D eigenvalue weighted by Crippen LogP contribution is 2.61. The Morgan fingerprint density at radius 3 is 2.15 bits per heavy atom. The summed E-state index contributed by atoms with van der Waals surface area (Å²) in [5.74, 6) is 1.83. The second kappa shape index (κ2) is 8.80. The van der Waals surface area contributed by atoms with Crippen molar-refractivity contribution in [2.75, 3.05) is 0 Å². The van der Waals surface area contributed by atoms with E-state index in [0.29, 0.717) is 18.8 Å². The van der Waals surface area contributed by atoms with Crippen LogP contribution in [0.5, 0.6) is 0 Å². The van der Waals surface area contributed by atoms with E-state index in [9.17, 15) is 4.79 Å².